The van der Waals surface area contributed by atoms with Crippen LogP contribution in [0.1, 0.15) is 109 Å². The molecule has 4 aromatic rings. The van der Waals surface area contributed by atoms with Crippen LogP contribution < -0.4 is 0 Å². The molecule has 0 spiro atoms. The minimum atomic E-state index is -4.64. The van der Waals surface area contributed by atoms with Crippen LogP contribution in [0.5, 0.6) is 0 Å². The van der Waals surface area contributed by atoms with E-state index >= 15 is 0 Å². The van der Waals surface area contributed by atoms with E-state index in [9.17, 15) is 44.3 Å². The number of alkyl halides is 6. The highest BCUT2D eigenvalue weighted by atomic mass is 32.2. The lowest BCUT2D eigenvalue weighted by atomic mass is 9.85. The van der Waals surface area contributed by atoms with Crippen molar-refractivity contribution in [3.63, 3.8) is 0 Å². The summed E-state index contributed by atoms with van der Waals surface area (Å²) in [6, 6.07) is 9.74. The predicted octanol–water partition coefficient (Wildman–Crippen LogP) is 6.32. The van der Waals surface area contributed by atoms with E-state index in [-0.39, 0.29) is 101 Å². The molecule has 0 saturated carbocycles. The van der Waals surface area contributed by atoms with E-state index in [1.807, 2.05) is 0 Å². The van der Waals surface area contributed by atoms with E-state index in [0.717, 1.165) is 29.6 Å². The van der Waals surface area contributed by atoms with Gasteiger partial charge in [0.1, 0.15) is 0 Å². The highest BCUT2D eigenvalue weighted by Gasteiger charge is 2.40. The molecule has 6 heterocycles. The van der Waals surface area contributed by atoms with Gasteiger partial charge >= 0.3 is 12.4 Å². The van der Waals surface area contributed by atoms with Crippen molar-refractivity contribution in [2.45, 2.75) is 88.8 Å². The highest BCUT2D eigenvalue weighted by Crippen LogP contribution is 2.41. The molecule has 0 atom stereocenters. The monoisotopic (exact) mass is 861 g/mol. The van der Waals surface area contributed by atoms with Gasteiger partial charge in [-0.3, -0.25) is 19.4 Å². The maximum absolute atomic E-state index is 14.7. The van der Waals surface area contributed by atoms with Gasteiger partial charge in [0.25, 0.3) is 11.8 Å². The van der Waals surface area contributed by atoms with Crippen molar-refractivity contribution in [3.8, 4) is 0 Å². The van der Waals surface area contributed by atoms with Crippen molar-refractivity contribution >= 4 is 21.8 Å². The lowest BCUT2D eigenvalue weighted by molar-refractivity contribution is -0.139. The van der Waals surface area contributed by atoms with Gasteiger partial charge < -0.3 is 14.5 Å². The van der Waals surface area contributed by atoms with Crippen LogP contribution in [-0.4, -0.2) is 99.9 Å². The number of sulfonamides is 1. The molecule has 2 saturated heterocycles. The van der Waals surface area contributed by atoms with Crippen molar-refractivity contribution in [2.75, 3.05) is 45.6 Å². The molecule has 60 heavy (non-hydrogen) atoms. The molecule has 4 aliphatic rings. The third-order valence-electron chi connectivity index (χ3n) is 12.4. The van der Waals surface area contributed by atoms with Gasteiger partial charge in [-0.1, -0.05) is 30.3 Å². The Hall–Kier alpha value is -4.75. The fraction of sp³-hybridized carbons (Fsp3) is 0.512. The summed E-state index contributed by atoms with van der Waals surface area (Å²) in [4.78, 5) is 30.5. The summed E-state index contributed by atoms with van der Waals surface area (Å²) in [5.41, 5.74) is 2.25. The molecule has 2 aromatic carbocycles. The smallest absolute Gasteiger partial charge is 0.376 e. The van der Waals surface area contributed by atoms with Crippen molar-refractivity contribution in [1.82, 2.24) is 34.1 Å². The second-order valence-electron chi connectivity index (χ2n) is 16.1. The Morgan fingerprint density at radius 3 is 2.05 bits per heavy atom. The molecule has 0 radical (unpaired) electrons. The molecular weight excluding hydrogens is 817 g/mol. The Morgan fingerprint density at radius 2 is 1.42 bits per heavy atom. The highest BCUT2D eigenvalue weighted by molar-refractivity contribution is 7.88. The summed E-state index contributed by atoms with van der Waals surface area (Å²) in [6.07, 6.45) is -5.85. The molecule has 4 aliphatic heterocycles. The minimum absolute atomic E-state index is 0.0316. The molecule has 322 valence electrons. The number of amides is 2. The Balaban J connectivity index is 0.974. The summed E-state index contributed by atoms with van der Waals surface area (Å²) in [5.74, 6) is -1.59. The summed E-state index contributed by atoms with van der Waals surface area (Å²) < 4.78 is 119. The van der Waals surface area contributed by atoms with Crippen LogP contribution >= 0.6 is 0 Å². The first-order valence-electron chi connectivity index (χ1n) is 20.1. The van der Waals surface area contributed by atoms with Gasteiger partial charge in [0.2, 0.25) is 10.0 Å². The van der Waals surface area contributed by atoms with Gasteiger partial charge in [0.15, 0.2) is 11.4 Å². The number of fused-ring (bicyclic) bond motifs is 2. The predicted molar refractivity (Wildman–Crippen MR) is 205 cm³/mol. The number of H-pyrrole nitrogens is 1. The molecule has 2 fully saturated rings. The Bertz CT molecular complexity index is 2380. The number of hydrogen-bond acceptors (Lipinski definition) is 7. The number of aryl methyl sites for hydroxylation is 2. The fourth-order valence-electron chi connectivity index (χ4n) is 9.19. The molecule has 0 unspecified atom stereocenters. The maximum Gasteiger partial charge on any atom is 0.416 e. The van der Waals surface area contributed by atoms with Crippen LogP contribution in [0.2, 0.25) is 0 Å². The molecule has 2 aromatic heterocycles. The third kappa shape index (κ3) is 8.44. The number of hydrogen-bond donors (Lipinski definition) is 1. The Kier molecular flexibility index (Phi) is 11.4. The van der Waals surface area contributed by atoms with E-state index in [2.05, 4.69) is 15.3 Å². The fourth-order valence-corrected chi connectivity index (χ4v) is 9.97. The second kappa shape index (κ2) is 16.3. The number of likely N-dealkylation sites (tertiary alicyclic amines) is 2. The number of aromatic nitrogens is 4. The number of carbonyl (C=O) groups is 2. The SMILES string of the molecule is CS(=O)(=O)N1CCc2c(c(C(=O)N3CCC(c4ccccc4C(F)(F)F)CC3)nn2CCc2ccc(C3CCN(C(=O)c4n[nH]c5c4COCC5)CC3)c(C(F)(F)F)c2)C1. The standard InChI is InChI=1S/C41H45F6N7O5S/c1-60(57,58)53-19-13-35-30(23-53)37(39(56)52-17-9-26(10-18-52)28-4-2-3-5-32(28)40(42,43)44)50-54(35)20-8-25-6-7-29(33(22-25)41(45,46)47)27-11-15-51(16-12-27)38(55)36-31-24-59-21-14-34(31)48-49-36/h2-7,22,26-27H,8-21,23-24H2,1H3,(H,48,49). The number of ether oxygens (including phenoxy) is 1. The Morgan fingerprint density at radius 1 is 0.800 bits per heavy atom. The van der Waals surface area contributed by atoms with Crippen molar-refractivity contribution < 1.29 is 49.1 Å². The summed E-state index contributed by atoms with van der Waals surface area (Å²) in [7, 11) is -3.64. The van der Waals surface area contributed by atoms with Gasteiger partial charge in [0.05, 0.1) is 30.6 Å². The molecule has 0 aliphatic carbocycles. The summed E-state index contributed by atoms with van der Waals surface area (Å²) >= 11 is 0. The van der Waals surface area contributed by atoms with Crippen LogP contribution in [0.3, 0.4) is 0 Å². The van der Waals surface area contributed by atoms with Gasteiger partial charge in [0, 0.05) is 81.2 Å². The number of benzene rings is 2. The zero-order valence-corrected chi connectivity index (χ0v) is 33.7. The summed E-state index contributed by atoms with van der Waals surface area (Å²) in [6.45, 7) is 1.83. The normalized spacial score (nSPS) is 18.7. The van der Waals surface area contributed by atoms with Crippen LogP contribution in [-0.2, 0) is 66.1 Å². The number of aromatic amines is 1. The first kappa shape index (κ1) is 42.0. The van der Waals surface area contributed by atoms with E-state index in [1.165, 1.54) is 27.4 Å². The zero-order chi connectivity index (χ0) is 42.6. The molecule has 12 nitrogen and oxygen atoms in total. The molecular formula is C41H45F6N7O5S. The van der Waals surface area contributed by atoms with E-state index in [1.54, 1.807) is 21.7 Å². The molecule has 0 bridgehead atoms. The van der Waals surface area contributed by atoms with E-state index < -0.39 is 51.2 Å². The topological polar surface area (TPSA) is 134 Å². The zero-order valence-electron chi connectivity index (χ0n) is 32.9. The largest absolute Gasteiger partial charge is 0.416 e. The van der Waals surface area contributed by atoms with Gasteiger partial charge in [-0.2, -0.15) is 40.8 Å². The van der Waals surface area contributed by atoms with Gasteiger partial charge in [-0.05, 0) is 72.8 Å². The van der Waals surface area contributed by atoms with Crippen molar-refractivity contribution in [1.29, 1.82) is 0 Å². The number of carbonyl (C=O) groups excluding carboxylic acids is 2. The maximum atomic E-state index is 14.7. The second-order valence-corrected chi connectivity index (χ2v) is 18.0. The third-order valence-corrected chi connectivity index (χ3v) is 13.7. The first-order chi connectivity index (χ1) is 28.5. The first-order valence-corrected chi connectivity index (χ1v) is 21.9. The van der Waals surface area contributed by atoms with E-state index in [0.29, 0.717) is 48.4 Å². The number of nitrogens with one attached hydrogen (secondary N) is 1. The number of nitrogens with zero attached hydrogens (tertiary/aromatic N) is 6. The van der Waals surface area contributed by atoms with Crippen LogP contribution in [0.25, 0.3) is 0 Å². The van der Waals surface area contributed by atoms with Crippen molar-refractivity contribution in [2.24, 2.45) is 0 Å². The number of piperidine rings is 2. The lowest BCUT2D eigenvalue weighted by Crippen LogP contribution is -2.40. The van der Waals surface area contributed by atoms with E-state index in [4.69, 9.17) is 4.74 Å². The molecule has 1 N–H and O–H groups in total. The lowest BCUT2D eigenvalue weighted by Gasteiger charge is -2.33. The number of halogens is 6. The average Bonchev–Trinajstić information content (AvgIpc) is 3.83. The quantitative estimate of drug-likeness (QED) is 0.205. The number of rotatable bonds is 8. The summed E-state index contributed by atoms with van der Waals surface area (Å²) in [5, 5.41) is 11.8. The van der Waals surface area contributed by atoms with Gasteiger partial charge in [-0.25, -0.2) is 8.42 Å². The minimum Gasteiger partial charge on any atom is -0.376 e. The van der Waals surface area contributed by atoms with Crippen LogP contribution in [0.15, 0.2) is 42.5 Å². The molecule has 19 heteroatoms. The average molecular weight is 862 g/mol. The van der Waals surface area contributed by atoms with Gasteiger partial charge in [-0.15, -0.1) is 0 Å². The molecule has 8 rings (SSSR count). The van der Waals surface area contributed by atoms with Crippen LogP contribution in [0.4, 0.5) is 26.3 Å². The van der Waals surface area contributed by atoms with Crippen LogP contribution in [0, 0.1) is 0 Å². The van der Waals surface area contributed by atoms with Crippen molar-refractivity contribution in [3.05, 3.63) is 104 Å². The Labute approximate surface area is 342 Å². The molecule has 2 amide bonds.